The van der Waals surface area contributed by atoms with Crippen molar-refractivity contribution in [3.63, 3.8) is 0 Å². The molecule has 1 aliphatic carbocycles. The van der Waals surface area contributed by atoms with Crippen molar-refractivity contribution in [2.24, 2.45) is 0 Å². The number of hydrogen-bond acceptors (Lipinski definition) is 4. The van der Waals surface area contributed by atoms with Gasteiger partial charge in [0.05, 0.1) is 12.5 Å². The van der Waals surface area contributed by atoms with Gasteiger partial charge in [-0.2, -0.15) is 4.98 Å². The normalized spacial score (nSPS) is 20.5. The molecular formula is C19H20N4O2. The van der Waals surface area contributed by atoms with Crippen LogP contribution in [-0.4, -0.2) is 32.5 Å². The highest BCUT2D eigenvalue weighted by atomic mass is 16.5. The Labute approximate surface area is 145 Å². The highest BCUT2D eigenvalue weighted by molar-refractivity contribution is 5.89. The van der Waals surface area contributed by atoms with E-state index < -0.39 is 0 Å². The molecule has 0 bridgehead atoms. The maximum Gasteiger partial charge on any atom is 0.229 e. The van der Waals surface area contributed by atoms with Gasteiger partial charge in [0.1, 0.15) is 0 Å². The molecule has 0 radical (unpaired) electrons. The fourth-order valence-electron chi connectivity index (χ4n) is 3.75. The maximum atomic E-state index is 12.9. The number of aromatic nitrogens is 3. The summed E-state index contributed by atoms with van der Waals surface area (Å²) < 4.78 is 5.39. The van der Waals surface area contributed by atoms with Crippen molar-refractivity contribution in [3.8, 4) is 0 Å². The number of hydrogen-bond donors (Lipinski definition) is 1. The average molecular weight is 336 g/mol. The Morgan fingerprint density at radius 3 is 3.04 bits per heavy atom. The van der Waals surface area contributed by atoms with Crippen LogP contribution < -0.4 is 0 Å². The van der Waals surface area contributed by atoms with E-state index in [1.807, 2.05) is 29.3 Å². The number of rotatable bonds is 4. The third kappa shape index (κ3) is 2.62. The standard InChI is InChI=1S/C19H20N4O2/c24-17(10-13-11-20-15-5-2-1-4-14(13)15)23-9-3-6-16(23)18-21-19(25-22-18)12-7-8-12/h1-2,4-5,11-12,16,20H,3,6-10H2/t16-/m0/s1. The molecular weight excluding hydrogens is 316 g/mol. The number of nitrogens with zero attached hydrogens (tertiary/aromatic N) is 3. The number of likely N-dealkylation sites (tertiary alicyclic amines) is 1. The molecule has 0 unspecified atom stereocenters. The summed E-state index contributed by atoms with van der Waals surface area (Å²) in [6.07, 6.45) is 6.49. The Bertz CT molecular complexity index is 924. The van der Waals surface area contributed by atoms with Gasteiger partial charge in [-0.3, -0.25) is 4.79 Å². The van der Waals surface area contributed by atoms with Crippen molar-refractivity contribution >= 4 is 16.8 Å². The summed E-state index contributed by atoms with van der Waals surface area (Å²) >= 11 is 0. The molecule has 1 aromatic carbocycles. The van der Waals surface area contributed by atoms with E-state index in [9.17, 15) is 4.79 Å². The fourth-order valence-corrected chi connectivity index (χ4v) is 3.75. The number of carbonyl (C=O) groups is 1. The van der Waals surface area contributed by atoms with Crippen LogP contribution in [0.4, 0.5) is 0 Å². The lowest BCUT2D eigenvalue weighted by atomic mass is 10.1. The van der Waals surface area contributed by atoms with Crippen molar-refractivity contribution < 1.29 is 9.32 Å². The number of benzene rings is 1. The van der Waals surface area contributed by atoms with Gasteiger partial charge in [-0.15, -0.1) is 0 Å². The van der Waals surface area contributed by atoms with Crippen molar-refractivity contribution in [1.29, 1.82) is 0 Å². The molecule has 6 nitrogen and oxygen atoms in total. The molecule has 1 saturated heterocycles. The second kappa shape index (κ2) is 5.72. The van der Waals surface area contributed by atoms with Gasteiger partial charge in [-0.25, -0.2) is 0 Å². The van der Waals surface area contributed by atoms with Crippen LogP contribution >= 0.6 is 0 Å². The minimum atomic E-state index is -0.0473. The SMILES string of the molecule is O=C(Cc1c[nH]c2ccccc12)N1CCC[C@H]1c1noc(C2CC2)n1. The minimum absolute atomic E-state index is 0.0473. The van der Waals surface area contributed by atoms with Gasteiger partial charge in [-0.05, 0) is 37.3 Å². The van der Waals surface area contributed by atoms with E-state index in [2.05, 4.69) is 21.2 Å². The topological polar surface area (TPSA) is 75.0 Å². The summed E-state index contributed by atoms with van der Waals surface area (Å²) in [7, 11) is 0. The van der Waals surface area contributed by atoms with Gasteiger partial charge in [0.2, 0.25) is 11.8 Å². The predicted molar refractivity (Wildman–Crippen MR) is 92.0 cm³/mol. The third-order valence-electron chi connectivity index (χ3n) is 5.27. The van der Waals surface area contributed by atoms with Crippen LogP contribution in [0.2, 0.25) is 0 Å². The number of H-pyrrole nitrogens is 1. The number of nitrogens with one attached hydrogen (secondary N) is 1. The Morgan fingerprint density at radius 2 is 2.16 bits per heavy atom. The fraction of sp³-hybridized carbons (Fsp3) is 0.421. The number of fused-ring (bicyclic) bond motifs is 1. The lowest BCUT2D eigenvalue weighted by Crippen LogP contribution is -2.32. The van der Waals surface area contributed by atoms with E-state index in [-0.39, 0.29) is 11.9 Å². The highest BCUT2D eigenvalue weighted by Gasteiger charge is 2.36. The highest BCUT2D eigenvalue weighted by Crippen LogP contribution is 2.40. The molecule has 2 fully saturated rings. The second-order valence-corrected chi connectivity index (χ2v) is 7.05. The molecule has 6 heteroatoms. The van der Waals surface area contributed by atoms with Gasteiger partial charge >= 0.3 is 0 Å². The summed E-state index contributed by atoms with van der Waals surface area (Å²) in [4.78, 5) is 22.6. The zero-order chi connectivity index (χ0) is 16.8. The van der Waals surface area contributed by atoms with Crippen LogP contribution in [0, 0.1) is 0 Å². The van der Waals surface area contributed by atoms with Gasteiger partial charge in [0.15, 0.2) is 5.82 Å². The monoisotopic (exact) mass is 336 g/mol. The van der Waals surface area contributed by atoms with E-state index in [0.717, 1.165) is 54.6 Å². The number of carbonyl (C=O) groups excluding carboxylic acids is 1. The van der Waals surface area contributed by atoms with E-state index in [1.165, 1.54) is 0 Å². The quantitative estimate of drug-likeness (QED) is 0.793. The van der Waals surface area contributed by atoms with E-state index >= 15 is 0 Å². The molecule has 1 saturated carbocycles. The van der Waals surface area contributed by atoms with Crippen molar-refractivity contribution in [1.82, 2.24) is 20.0 Å². The van der Waals surface area contributed by atoms with Gasteiger partial charge in [-0.1, -0.05) is 23.4 Å². The van der Waals surface area contributed by atoms with Crippen LogP contribution in [0.5, 0.6) is 0 Å². The van der Waals surface area contributed by atoms with Crippen LogP contribution in [0.1, 0.15) is 54.9 Å². The van der Waals surface area contributed by atoms with E-state index in [0.29, 0.717) is 18.2 Å². The summed E-state index contributed by atoms with van der Waals surface area (Å²) in [5, 5.41) is 5.27. The zero-order valence-corrected chi connectivity index (χ0v) is 13.9. The van der Waals surface area contributed by atoms with Crippen LogP contribution in [0.3, 0.4) is 0 Å². The first-order chi connectivity index (χ1) is 12.3. The molecule has 128 valence electrons. The molecule has 1 amide bonds. The van der Waals surface area contributed by atoms with Crippen molar-refractivity contribution in [2.45, 2.75) is 44.1 Å². The first kappa shape index (κ1) is 14.7. The largest absolute Gasteiger partial charge is 0.361 e. The third-order valence-corrected chi connectivity index (χ3v) is 5.27. The lowest BCUT2D eigenvalue weighted by molar-refractivity contribution is -0.131. The Kier molecular flexibility index (Phi) is 3.36. The van der Waals surface area contributed by atoms with Gasteiger partial charge in [0, 0.05) is 29.6 Å². The molecule has 5 rings (SSSR count). The predicted octanol–water partition coefficient (Wildman–Crippen LogP) is 3.33. The molecule has 2 aromatic heterocycles. The molecule has 0 spiro atoms. The summed E-state index contributed by atoms with van der Waals surface area (Å²) in [5.74, 6) is 1.99. The van der Waals surface area contributed by atoms with Gasteiger partial charge in [0.25, 0.3) is 0 Å². The summed E-state index contributed by atoms with van der Waals surface area (Å²) in [6, 6.07) is 8.03. The molecule has 1 aliphatic heterocycles. The molecule has 25 heavy (non-hydrogen) atoms. The minimum Gasteiger partial charge on any atom is -0.361 e. The van der Waals surface area contributed by atoms with E-state index in [1.54, 1.807) is 0 Å². The number of para-hydroxylation sites is 1. The Hall–Kier alpha value is -2.63. The molecule has 1 N–H and O–H groups in total. The molecule has 2 aliphatic rings. The average Bonchev–Trinajstić information content (AvgIpc) is 3.04. The smallest absolute Gasteiger partial charge is 0.229 e. The Balaban J connectivity index is 1.36. The molecule has 1 atom stereocenters. The Morgan fingerprint density at radius 1 is 1.28 bits per heavy atom. The lowest BCUT2D eigenvalue weighted by Gasteiger charge is -2.22. The molecule has 3 aromatic rings. The molecule has 3 heterocycles. The van der Waals surface area contributed by atoms with Crippen LogP contribution in [0.25, 0.3) is 10.9 Å². The van der Waals surface area contributed by atoms with Crippen molar-refractivity contribution in [3.05, 3.63) is 47.7 Å². The van der Waals surface area contributed by atoms with Crippen LogP contribution in [0.15, 0.2) is 35.0 Å². The first-order valence-electron chi connectivity index (χ1n) is 8.97. The zero-order valence-electron chi connectivity index (χ0n) is 13.9. The first-order valence-corrected chi connectivity index (χ1v) is 8.97. The number of aromatic amines is 1. The van der Waals surface area contributed by atoms with Gasteiger partial charge < -0.3 is 14.4 Å². The van der Waals surface area contributed by atoms with Crippen molar-refractivity contribution in [2.75, 3.05) is 6.54 Å². The maximum absolute atomic E-state index is 12.9. The summed E-state index contributed by atoms with van der Waals surface area (Å²) in [5.41, 5.74) is 2.11. The number of amides is 1. The summed E-state index contributed by atoms with van der Waals surface area (Å²) in [6.45, 7) is 0.763. The second-order valence-electron chi connectivity index (χ2n) is 7.05. The van der Waals surface area contributed by atoms with Crippen LogP contribution in [-0.2, 0) is 11.2 Å². The van der Waals surface area contributed by atoms with E-state index in [4.69, 9.17) is 4.52 Å².